The lowest BCUT2D eigenvalue weighted by Crippen LogP contribution is -2.24. The van der Waals surface area contributed by atoms with Gasteiger partial charge in [-0.15, -0.1) is 0 Å². The smallest absolute Gasteiger partial charge is 0.338 e. The Morgan fingerprint density at radius 2 is 1.46 bits per heavy atom. The van der Waals surface area contributed by atoms with Crippen molar-refractivity contribution in [2.45, 2.75) is 26.9 Å². The van der Waals surface area contributed by atoms with Crippen LogP contribution in [0.5, 0.6) is 0 Å². The molecule has 0 aliphatic heterocycles. The monoisotopic (exact) mass is 325 g/mol. The Labute approximate surface area is 140 Å². The second-order valence-electron chi connectivity index (χ2n) is 5.54. The zero-order chi connectivity index (χ0) is 17.7. The molecule has 2 rings (SSSR count). The molecule has 0 aliphatic carbocycles. The SMILES string of the molecule is CC(=O)Nc1ccc(C(=O)OC(C)C(=O)c2ccc(C)cc2)cc1. The molecule has 0 saturated carbocycles. The maximum atomic E-state index is 12.3. The number of nitrogens with one attached hydrogen (secondary N) is 1. The summed E-state index contributed by atoms with van der Waals surface area (Å²) in [5.41, 5.74) is 2.45. The van der Waals surface area contributed by atoms with Crippen molar-refractivity contribution in [1.29, 1.82) is 0 Å². The minimum atomic E-state index is -0.879. The van der Waals surface area contributed by atoms with Gasteiger partial charge in [0.2, 0.25) is 11.7 Å². The van der Waals surface area contributed by atoms with E-state index in [0.29, 0.717) is 16.8 Å². The van der Waals surface area contributed by atoms with E-state index in [1.807, 2.05) is 19.1 Å². The molecule has 5 nitrogen and oxygen atoms in total. The Morgan fingerprint density at radius 1 is 0.917 bits per heavy atom. The summed E-state index contributed by atoms with van der Waals surface area (Å²) < 4.78 is 5.23. The largest absolute Gasteiger partial charge is 0.451 e. The van der Waals surface area contributed by atoms with E-state index in [9.17, 15) is 14.4 Å². The van der Waals surface area contributed by atoms with Gasteiger partial charge in [-0.2, -0.15) is 0 Å². The zero-order valence-corrected chi connectivity index (χ0v) is 13.8. The fourth-order valence-electron chi connectivity index (χ4n) is 2.13. The van der Waals surface area contributed by atoms with Crippen LogP contribution in [0.4, 0.5) is 5.69 Å². The molecule has 1 atom stereocenters. The Kier molecular flexibility index (Phi) is 5.47. The number of hydrogen-bond donors (Lipinski definition) is 1. The van der Waals surface area contributed by atoms with E-state index in [0.717, 1.165) is 5.56 Å². The third-order valence-electron chi connectivity index (χ3n) is 3.43. The fraction of sp³-hybridized carbons (Fsp3) is 0.211. The Hall–Kier alpha value is -2.95. The number of aryl methyl sites for hydroxylation is 1. The minimum Gasteiger partial charge on any atom is -0.451 e. The molecular formula is C19H19NO4. The van der Waals surface area contributed by atoms with Crippen LogP contribution in [-0.2, 0) is 9.53 Å². The van der Waals surface area contributed by atoms with Gasteiger partial charge in [0.25, 0.3) is 0 Å². The lowest BCUT2D eigenvalue weighted by Gasteiger charge is -2.13. The van der Waals surface area contributed by atoms with Crippen molar-refractivity contribution < 1.29 is 19.1 Å². The molecule has 1 amide bonds. The van der Waals surface area contributed by atoms with Gasteiger partial charge in [0, 0.05) is 18.2 Å². The molecular weight excluding hydrogens is 306 g/mol. The highest BCUT2D eigenvalue weighted by Gasteiger charge is 2.20. The van der Waals surface area contributed by atoms with Gasteiger partial charge in [-0.05, 0) is 38.1 Å². The topological polar surface area (TPSA) is 72.5 Å². The van der Waals surface area contributed by atoms with E-state index >= 15 is 0 Å². The van der Waals surface area contributed by atoms with Gasteiger partial charge >= 0.3 is 5.97 Å². The van der Waals surface area contributed by atoms with Crippen molar-refractivity contribution in [3.63, 3.8) is 0 Å². The molecule has 1 N–H and O–H groups in total. The molecule has 1 unspecified atom stereocenters. The number of esters is 1. The van der Waals surface area contributed by atoms with E-state index in [-0.39, 0.29) is 11.7 Å². The predicted octanol–water partition coefficient (Wildman–Crippen LogP) is 3.38. The summed E-state index contributed by atoms with van der Waals surface area (Å²) in [6.45, 7) is 4.88. The van der Waals surface area contributed by atoms with Crippen molar-refractivity contribution >= 4 is 23.3 Å². The van der Waals surface area contributed by atoms with Crippen LogP contribution in [0.1, 0.15) is 40.1 Å². The Balaban J connectivity index is 2.01. The summed E-state index contributed by atoms with van der Waals surface area (Å²) in [4.78, 5) is 35.4. The van der Waals surface area contributed by atoms with E-state index in [4.69, 9.17) is 4.74 Å². The fourth-order valence-corrected chi connectivity index (χ4v) is 2.13. The molecule has 0 spiro atoms. The standard InChI is InChI=1S/C19H19NO4/c1-12-4-6-15(7-5-12)18(22)13(2)24-19(23)16-8-10-17(11-9-16)20-14(3)21/h4-11,13H,1-3H3,(H,20,21). The third kappa shape index (κ3) is 4.52. The van der Waals surface area contributed by atoms with Gasteiger partial charge in [0.05, 0.1) is 5.56 Å². The van der Waals surface area contributed by atoms with Crippen LogP contribution < -0.4 is 5.32 Å². The first-order valence-corrected chi connectivity index (χ1v) is 7.56. The maximum Gasteiger partial charge on any atom is 0.338 e. The molecule has 124 valence electrons. The summed E-state index contributed by atoms with van der Waals surface area (Å²) in [5.74, 6) is -1.03. The Bertz CT molecular complexity index is 748. The number of carbonyl (C=O) groups is 3. The molecule has 0 fully saturated rings. The van der Waals surface area contributed by atoms with Crippen molar-refractivity contribution in [1.82, 2.24) is 0 Å². The zero-order valence-electron chi connectivity index (χ0n) is 13.8. The van der Waals surface area contributed by atoms with Crippen LogP contribution in [0.15, 0.2) is 48.5 Å². The van der Waals surface area contributed by atoms with E-state index < -0.39 is 12.1 Å². The molecule has 0 bridgehead atoms. The molecule has 2 aromatic carbocycles. The molecule has 2 aromatic rings. The second kappa shape index (κ2) is 7.55. The van der Waals surface area contributed by atoms with Crippen molar-refractivity contribution in [3.8, 4) is 0 Å². The molecule has 0 heterocycles. The van der Waals surface area contributed by atoms with Crippen LogP contribution >= 0.6 is 0 Å². The number of rotatable bonds is 5. The van der Waals surface area contributed by atoms with Crippen LogP contribution in [0.25, 0.3) is 0 Å². The van der Waals surface area contributed by atoms with Crippen molar-refractivity contribution in [3.05, 3.63) is 65.2 Å². The number of benzene rings is 2. The van der Waals surface area contributed by atoms with Gasteiger partial charge < -0.3 is 10.1 Å². The normalized spacial score (nSPS) is 11.5. The lowest BCUT2D eigenvalue weighted by atomic mass is 10.1. The number of carbonyl (C=O) groups excluding carboxylic acids is 3. The van der Waals surface area contributed by atoms with E-state index in [1.165, 1.54) is 19.1 Å². The average Bonchev–Trinajstić information content (AvgIpc) is 2.55. The summed E-state index contributed by atoms with van der Waals surface area (Å²) >= 11 is 0. The average molecular weight is 325 g/mol. The van der Waals surface area contributed by atoms with Gasteiger partial charge in [0.15, 0.2) is 6.10 Å². The predicted molar refractivity (Wildman–Crippen MR) is 91.1 cm³/mol. The minimum absolute atomic E-state index is 0.192. The van der Waals surface area contributed by atoms with Crippen molar-refractivity contribution in [2.75, 3.05) is 5.32 Å². The highest BCUT2D eigenvalue weighted by Crippen LogP contribution is 2.13. The van der Waals surface area contributed by atoms with Crippen LogP contribution in [0.2, 0.25) is 0 Å². The van der Waals surface area contributed by atoms with Gasteiger partial charge in [-0.25, -0.2) is 4.79 Å². The molecule has 0 aliphatic rings. The van der Waals surface area contributed by atoms with Gasteiger partial charge in [0.1, 0.15) is 0 Å². The van der Waals surface area contributed by atoms with Crippen molar-refractivity contribution in [2.24, 2.45) is 0 Å². The summed E-state index contributed by atoms with van der Waals surface area (Å²) in [6.07, 6.45) is -0.879. The first kappa shape index (κ1) is 17.4. The van der Waals surface area contributed by atoms with E-state index in [2.05, 4.69) is 5.32 Å². The molecule has 0 radical (unpaired) electrons. The first-order valence-electron chi connectivity index (χ1n) is 7.56. The van der Waals surface area contributed by atoms with E-state index in [1.54, 1.807) is 31.2 Å². The number of Topliss-reactive ketones (excluding diaryl/α,β-unsaturated/α-hetero) is 1. The summed E-state index contributed by atoms with van der Waals surface area (Å²) in [6, 6.07) is 13.4. The summed E-state index contributed by atoms with van der Waals surface area (Å²) in [5, 5.41) is 2.61. The highest BCUT2D eigenvalue weighted by molar-refractivity contribution is 6.01. The lowest BCUT2D eigenvalue weighted by molar-refractivity contribution is -0.114. The van der Waals surface area contributed by atoms with Gasteiger partial charge in [-0.1, -0.05) is 29.8 Å². The highest BCUT2D eigenvalue weighted by atomic mass is 16.5. The third-order valence-corrected chi connectivity index (χ3v) is 3.43. The molecule has 0 saturated heterocycles. The number of ketones is 1. The van der Waals surface area contributed by atoms with Crippen LogP contribution in [0.3, 0.4) is 0 Å². The number of amides is 1. The van der Waals surface area contributed by atoms with Gasteiger partial charge in [-0.3, -0.25) is 9.59 Å². The number of ether oxygens (including phenoxy) is 1. The second-order valence-corrected chi connectivity index (χ2v) is 5.54. The molecule has 5 heteroatoms. The summed E-state index contributed by atoms with van der Waals surface area (Å²) in [7, 11) is 0. The molecule has 0 aromatic heterocycles. The maximum absolute atomic E-state index is 12.3. The first-order chi connectivity index (χ1) is 11.4. The number of anilines is 1. The molecule has 24 heavy (non-hydrogen) atoms. The van der Waals surface area contributed by atoms with Crippen LogP contribution in [-0.4, -0.2) is 23.8 Å². The Morgan fingerprint density at radius 3 is 2.00 bits per heavy atom. The van der Waals surface area contributed by atoms with Crippen LogP contribution in [0, 0.1) is 6.92 Å². The quantitative estimate of drug-likeness (QED) is 0.675. The number of hydrogen-bond acceptors (Lipinski definition) is 4.